The molecule has 24 heavy (non-hydrogen) atoms. The normalized spacial score (nSPS) is 14.7. The summed E-state index contributed by atoms with van der Waals surface area (Å²) >= 11 is 0. The van der Waals surface area contributed by atoms with Crippen LogP contribution in [0, 0.1) is 5.92 Å². The van der Waals surface area contributed by atoms with Gasteiger partial charge in [-0.2, -0.15) is 0 Å². The molecule has 5 heteroatoms. The number of carbonyl (C=O) groups is 1. The maximum atomic E-state index is 11.2. The molecule has 0 aliphatic heterocycles. The van der Waals surface area contributed by atoms with E-state index in [0.29, 0.717) is 19.6 Å². The zero-order valence-electron chi connectivity index (χ0n) is 15.3. The molecule has 0 amide bonds. The SMILES string of the molecule is CCOc1ccc(OCC)c(CCC(CC)CC(C)(N)C(=O)O)c1. The lowest BCUT2D eigenvalue weighted by Gasteiger charge is -2.25. The predicted octanol–water partition coefficient (Wildman–Crippen LogP) is 3.63. The number of carboxylic acids is 1. The van der Waals surface area contributed by atoms with Crippen LogP contribution in [-0.4, -0.2) is 29.8 Å². The van der Waals surface area contributed by atoms with Crippen molar-refractivity contribution in [3.8, 4) is 11.5 Å². The average Bonchev–Trinajstić information content (AvgIpc) is 2.53. The third kappa shape index (κ3) is 6.04. The summed E-state index contributed by atoms with van der Waals surface area (Å²) in [6.45, 7) is 8.80. The minimum Gasteiger partial charge on any atom is -0.494 e. The highest BCUT2D eigenvalue weighted by Crippen LogP contribution is 2.29. The molecule has 0 heterocycles. The highest BCUT2D eigenvalue weighted by Gasteiger charge is 2.30. The van der Waals surface area contributed by atoms with Gasteiger partial charge in [0, 0.05) is 0 Å². The van der Waals surface area contributed by atoms with Gasteiger partial charge in [-0.05, 0) is 69.7 Å². The van der Waals surface area contributed by atoms with Gasteiger partial charge in [0.2, 0.25) is 0 Å². The number of hydrogen-bond acceptors (Lipinski definition) is 4. The highest BCUT2D eigenvalue weighted by molar-refractivity contribution is 5.77. The van der Waals surface area contributed by atoms with Crippen LogP contribution in [0.4, 0.5) is 0 Å². The van der Waals surface area contributed by atoms with E-state index in [9.17, 15) is 9.90 Å². The quantitative estimate of drug-likeness (QED) is 0.644. The standard InChI is InChI=1S/C19H31NO4/c1-5-14(13-19(4,20)18(21)22)8-9-15-12-16(23-6-2)10-11-17(15)24-7-3/h10-12,14H,5-9,13,20H2,1-4H3,(H,21,22). The van der Waals surface area contributed by atoms with Gasteiger partial charge in [-0.1, -0.05) is 13.3 Å². The van der Waals surface area contributed by atoms with Crippen LogP contribution in [0.15, 0.2) is 18.2 Å². The molecule has 1 aromatic rings. The zero-order chi connectivity index (χ0) is 18.2. The number of hydrogen-bond donors (Lipinski definition) is 2. The first-order valence-electron chi connectivity index (χ1n) is 8.74. The maximum Gasteiger partial charge on any atom is 0.323 e. The molecule has 0 fully saturated rings. The van der Waals surface area contributed by atoms with E-state index in [4.69, 9.17) is 15.2 Å². The molecule has 0 aliphatic carbocycles. The molecule has 0 saturated carbocycles. The molecule has 136 valence electrons. The summed E-state index contributed by atoms with van der Waals surface area (Å²) < 4.78 is 11.3. The van der Waals surface area contributed by atoms with Crippen molar-refractivity contribution >= 4 is 5.97 Å². The molecule has 0 saturated heterocycles. The number of rotatable bonds is 11. The van der Waals surface area contributed by atoms with Gasteiger partial charge in [0.05, 0.1) is 13.2 Å². The monoisotopic (exact) mass is 337 g/mol. The van der Waals surface area contributed by atoms with Crippen molar-refractivity contribution in [3.05, 3.63) is 23.8 Å². The van der Waals surface area contributed by atoms with Crippen molar-refractivity contribution in [1.82, 2.24) is 0 Å². The third-order valence-corrected chi connectivity index (χ3v) is 4.24. The Hall–Kier alpha value is -1.75. The molecule has 1 rings (SSSR count). The second-order valence-corrected chi connectivity index (χ2v) is 6.38. The van der Waals surface area contributed by atoms with Crippen LogP contribution < -0.4 is 15.2 Å². The van der Waals surface area contributed by atoms with E-state index in [2.05, 4.69) is 6.92 Å². The average molecular weight is 337 g/mol. The van der Waals surface area contributed by atoms with Crippen LogP contribution >= 0.6 is 0 Å². The molecule has 3 N–H and O–H groups in total. The maximum absolute atomic E-state index is 11.2. The highest BCUT2D eigenvalue weighted by atomic mass is 16.5. The first kappa shape index (κ1) is 20.3. The predicted molar refractivity (Wildman–Crippen MR) is 95.7 cm³/mol. The van der Waals surface area contributed by atoms with Crippen molar-refractivity contribution < 1.29 is 19.4 Å². The largest absolute Gasteiger partial charge is 0.494 e. The van der Waals surface area contributed by atoms with Gasteiger partial charge in [-0.15, -0.1) is 0 Å². The lowest BCUT2D eigenvalue weighted by Crippen LogP contribution is -2.46. The van der Waals surface area contributed by atoms with Gasteiger partial charge in [0.15, 0.2) is 0 Å². The Labute approximate surface area is 145 Å². The summed E-state index contributed by atoms with van der Waals surface area (Å²) in [7, 11) is 0. The molecule has 0 aromatic heterocycles. The number of aliphatic carboxylic acids is 1. The van der Waals surface area contributed by atoms with E-state index in [1.807, 2.05) is 32.0 Å². The number of carboxylic acid groups (broad SMARTS) is 1. The molecular weight excluding hydrogens is 306 g/mol. The summed E-state index contributed by atoms with van der Waals surface area (Å²) in [6.07, 6.45) is 3.04. The van der Waals surface area contributed by atoms with Crippen LogP contribution in [0.1, 0.15) is 52.5 Å². The Balaban J connectivity index is 2.82. The topological polar surface area (TPSA) is 81.8 Å². The molecule has 0 bridgehead atoms. The second kappa shape index (κ2) is 9.52. The summed E-state index contributed by atoms with van der Waals surface area (Å²) in [5.41, 5.74) is 5.81. The Morgan fingerprint density at radius 1 is 1.25 bits per heavy atom. The summed E-state index contributed by atoms with van der Waals surface area (Å²) in [5, 5.41) is 9.22. The molecule has 2 unspecified atom stereocenters. The first-order chi connectivity index (χ1) is 11.3. The van der Waals surface area contributed by atoms with E-state index in [1.165, 1.54) is 0 Å². The molecule has 0 spiro atoms. The zero-order valence-corrected chi connectivity index (χ0v) is 15.3. The van der Waals surface area contributed by atoms with Crippen molar-refractivity contribution in [2.75, 3.05) is 13.2 Å². The first-order valence-corrected chi connectivity index (χ1v) is 8.74. The van der Waals surface area contributed by atoms with Gasteiger partial charge < -0.3 is 20.3 Å². The van der Waals surface area contributed by atoms with E-state index in [1.54, 1.807) is 6.92 Å². The van der Waals surface area contributed by atoms with E-state index >= 15 is 0 Å². The van der Waals surface area contributed by atoms with E-state index in [0.717, 1.165) is 36.3 Å². The van der Waals surface area contributed by atoms with Gasteiger partial charge in [0.25, 0.3) is 0 Å². The Morgan fingerprint density at radius 3 is 2.46 bits per heavy atom. The second-order valence-electron chi connectivity index (χ2n) is 6.38. The van der Waals surface area contributed by atoms with Crippen molar-refractivity contribution in [1.29, 1.82) is 0 Å². The van der Waals surface area contributed by atoms with E-state index < -0.39 is 11.5 Å². The fourth-order valence-electron chi connectivity index (χ4n) is 2.80. The minimum atomic E-state index is -1.18. The molecule has 0 aliphatic rings. The lowest BCUT2D eigenvalue weighted by atomic mass is 9.84. The Bertz CT molecular complexity index is 528. The smallest absolute Gasteiger partial charge is 0.323 e. The summed E-state index contributed by atoms with van der Waals surface area (Å²) in [4.78, 5) is 11.2. The number of benzene rings is 1. The van der Waals surface area contributed by atoms with Gasteiger partial charge in [-0.3, -0.25) is 4.79 Å². The van der Waals surface area contributed by atoms with Crippen molar-refractivity contribution in [3.63, 3.8) is 0 Å². The van der Waals surface area contributed by atoms with Crippen molar-refractivity contribution in [2.45, 2.75) is 58.9 Å². The number of ether oxygens (including phenoxy) is 2. The molecule has 0 radical (unpaired) electrons. The third-order valence-electron chi connectivity index (χ3n) is 4.24. The summed E-state index contributed by atoms with van der Waals surface area (Å²) in [5.74, 6) is 0.998. The van der Waals surface area contributed by atoms with Gasteiger partial charge in [0.1, 0.15) is 17.0 Å². The van der Waals surface area contributed by atoms with Gasteiger partial charge >= 0.3 is 5.97 Å². The van der Waals surface area contributed by atoms with E-state index in [-0.39, 0.29) is 5.92 Å². The van der Waals surface area contributed by atoms with Crippen LogP contribution in [0.25, 0.3) is 0 Å². The molecule has 1 aromatic carbocycles. The summed E-state index contributed by atoms with van der Waals surface area (Å²) in [6, 6.07) is 5.87. The number of aryl methyl sites for hydroxylation is 1. The fraction of sp³-hybridized carbons (Fsp3) is 0.632. The van der Waals surface area contributed by atoms with Crippen LogP contribution in [-0.2, 0) is 11.2 Å². The minimum absolute atomic E-state index is 0.251. The van der Waals surface area contributed by atoms with Crippen molar-refractivity contribution in [2.24, 2.45) is 11.7 Å². The number of nitrogens with two attached hydrogens (primary N) is 1. The molecular formula is C19H31NO4. The Morgan fingerprint density at radius 2 is 1.92 bits per heavy atom. The lowest BCUT2D eigenvalue weighted by molar-refractivity contribution is -0.143. The van der Waals surface area contributed by atoms with Gasteiger partial charge in [-0.25, -0.2) is 0 Å². The molecule has 2 atom stereocenters. The van der Waals surface area contributed by atoms with Crippen LogP contribution in [0.2, 0.25) is 0 Å². The molecule has 5 nitrogen and oxygen atoms in total. The van der Waals surface area contributed by atoms with Crippen LogP contribution in [0.5, 0.6) is 11.5 Å². The van der Waals surface area contributed by atoms with Crippen LogP contribution in [0.3, 0.4) is 0 Å². The Kier molecular flexibility index (Phi) is 8.05. The fourth-order valence-corrected chi connectivity index (χ4v) is 2.80.